The van der Waals surface area contributed by atoms with Gasteiger partial charge in [0.1, 0.15) is 6.61 Å². The molecule has 3 rings (SSSR count). The zero-order valence-corrected chi connectivity index (χ0v) is 17.2. The Hall–Kier alpha value is -2.79. The number of rotatable bonds is 9. The van der Waals surface area contributed by atoms with Gasteiger partial charge in [-0.2, -0.15) is 5.10 Å². The molecule has 3 aromatic rings. The molecule has 1 aromatic heterocycles. The summed E-state index contributed by atoms with van der Waals surface area (Å²) in [5, 5.41) is 7.98. The molecule has 0 atom stereocenters. The Morgan fingerprint density at radius 3 is 2.39 bits per heavy atom. The van der Waals surface area contributed by atoms with Crippen molar-refractivity contribution in [3.63, 3.8) is 0 Å². The summed E-state index contributed by atoms with van der Waals surface area (Å²) in [6, 6.07) is 16.3. The fourth-order valence-corrected chi connectivity index (χ4v) is 3.19. The van der Waals surface area contributed by atoms with E-state index in [0.717, 1.165) is 41.4 Å². The number of nitrogens with one attached hydrogen (secondary N) is 1. The minimum atomic E-state index is 0.526. The van der Waals surface area contributed by atoms with Crippen LogP contribution < -0.4 is 14.8 Å². The molecule has 2 aromatic carbocycles. The van der Waals surface area contributed by atoms with Gasteiger partial charge in [0.05, 0.1) is 12.3 Å². The highest BCUT2D eigenvalue weighted by atomic mass is 16.5. The lowest BCUT2D eigenvalue weighted by molar-refractivity contribution is 0.269. The standard InChI is InChI=1S/C23H29N3O2/c1-5-27-23-13-20(14-24-15-21-17(2)25-26(4)18(21)3)11-12-22(23)28-16-19-9-7-6-8-10-19/h6-13,24H,5,14-16H2,1-4H3. The molecule has 0 aliphatic rings. The van der Waals surface area contributed by atoms with Crippen LogP contribution in [0.4, 0.5) is 0 Å². The second kappa shape index (κ2) is 9.42. The molecule has 1 heterocycles. The number of nitrogens with zero attached hydrogens (tertiary/aromatic N) is 2. The third kappa shape index (κ3) is 4.93. The van der Waals surface area contributed by atoms with Gasteiger partial charge in [-0.05, 0) is 44.0 Å². The van der Waals surface area contributed by atoms with Gasteiger partial charge < -0.3 is 14.8 Å². The average Bonchev–Trinajstić information content (AvgIpc) is 2.94. The van der Waals surface area contributed by atoms with Crippen molar-refractivity contribution in [1.82, 2.24) is 15.1 Å². The molecule has 0 saturated carbocycles. The number of hydrogen-bond acceptors (Lipinski definition) is 4. The Balaban J connectivity index is 1.63. The van der Waals surface area contributed by atoms with Crippen molar-refractivity contribution in [2.24, 2.45) is 7.05 Å². The summed E-state index contributed by atoms with van der Waals surface area (Å²) in [7, 11) is 1.98. The van der Waals surface area contributed by atoms with Crippen LogP contribution in [0.2, 0.25) is 0 Å². The predicted octanol–water partition coefficient (Wildman–Crippen LogP) is 4.30. The molecular formula is C23H29N3O2. The van der Waals surface area contributed by atoms with Gasteiger partial charge in [-0.1, -0.05) is 36.4 Å². The van der Waals surface area contributed by atoms with Crippen LogP contribution in [0.25, 0.3) is 0 Å². The van der Waals surface area contributed by atoms with Gasteiger partial charge in [0.15, 0.2) is 11.5 Å². The maximum atomic E-state index is 5.98. The smallest absolute Gasteiger partial charge is 0.161 e. The number of ether oxygens (including phenoxy) is 2. The Bertz CT molecular complexity index is 904. The molecule has 0 spiro atoms. The van der Waals surface area contributed by atoms with Crippen LogP contribution in [0, 0.1) is 13.8 Å². The molecule has 0 aliphatic heterocycles. The van der Waals surface area contributed by atoms with Crippen molar-refractivity contribution in [3.8, 4) is 11.5 Å². The number of aromatic nitrogens is 2. The monoisotopic (exact) mass is 379 g/mol. The van der Waals surface area contributed by atoms with E-state index < -0.39 is 0 Å². The summed E-state index contributed by atoms with van der Waals surface area (Å²) in [5.74, 6) is 1.56. The van der Waals surface area contributed by atoms with E-state index in [2.05, 4.69) is 48.5 Å². The summed E-state index contributed by atoms with van der Waals surface area (Å²) in [6.45, 7) is 8.82. The second-order valence-corrected chi connectivity index (χ2v) is 6.86. The minimum Gasteiger partial charge on any atom is -0.490 e. The number of aryl methyl sites for hydroxylation is 2. The quantitative estimate of drug-likeness (QED) is 0.602. The Morgan fingerprint density at radius 2 is 1.71 bits per heavy atom. The van der Waals surface area contributed by atoms with E-state index in [9.17, 15) is 0 Å². The lowest BCUT2D eigenvalue weighted by Crippen LogP contribution is -2.14. The fourth-order valence-electron chi connectivity index (χ4n) is 3.19. The van der Waals surface area contributed by atoms with Crippen LogP contribution in [0.15, 0.2) is 48.5 Å². The highest BCUT2D eigenvalue weighted by Gasteiger charge is 2.10. The summed E-state index contributed by atoms with van der Waals surface area (Å²) >= 11 is 0. The van der Waals surface area contributed by atoms with E-state index in [1.807, 2.05) is 42.9 Å². The molecular weight excluding hydrogens is 350 g/mol. The van der Waals surface area contributed by atoms with Crippen LogP contribution in [-0.2, 0) is 26.7 Å². The summed E-state index contributed by atoms with van der Waals surface area (Å²) in [4.78, 5) is 0. The van der Waals surface area contributed by atoms with Crippen molar-refractivity contribution in [1.29, 1.82) is 0 Å². The Morgan fingerprint density at radius 1 is 0.929 bits per heavy atom. The second-order valence-electron chi connectivity index (χ2n) is 6.86. The molecule has 148 valence electrons. The van der Waals surface area contributed by atoms with Gasteiger partial charge in [0.2, 0.25) is 0 Å². The van der Waals surface area contributed by atoms with Gasteiger partial charge in [-0.15, -0.1) is 0 Å². The lowest BCUT2D eigenvalue weighted by atomic mass is 10.1. The van der Waals surface area contributed by atoms with Gasteiger partial charge in [-0.3, -0.25) is 4.68 Å². The van der Waals surface area contributed by atoms with Crippen molar-refractivity contribution in [3.05, 3.63) is 76.6 Å². The molecule has 0 unspecified atom stereocenters. The first kappa shape index (κ1) is 20.0. The largest absolute Gasteiger partial charge is 0.490 e. The van der Waals surface area contributed by atoms with E-state index in [-0.39, 0.29) is 0 Å². The first-order valence-corrected chi connectivity index (χ1v) is 9.70. The maximum Gasteiger partial charge on any atom is 0.161 e. The first-order chi connectivity index (χ1) is 13.6. The Kier molecular flexibility index (Phi) is 6.71. The van der Waals surface area contributed by atoms with E-state index in [1.54, 1.807) is 0 Å². The zero-order valence-electron chi connectivity index (χ0n) is 17.2. The molecule has 0 aliphatic carbocycles. The third-order valence-corrected chi connectivity index (χ3v) is 4.83. The summed E-state index contributed by atoms with van der Waals surface area (Å²) in [5.41, 5.74) is 5.83. The highest BCUT2D eigenvalue weighted by molar-refractivity contribution is 5.43. The summed E-state index contributed by atoms with van der Waals surface area (Å²) in [6.07, 6.45) is 0. The molecule has 0 amide bonds. The van der Waals surface area contributed by atoms with Crippen LogP contribution in [0.5, 0.6) is 11.5 Å². The minimum absolute atomic E-state index is 0.526. The van der Waals surface area contributed by atoms with Crippen LogP contribution >= 0.6 is 0 Å². The first-order valence-electron chi connectivity index (χ1n) is 9.70. The lowest BCUT2D eigenvalue weighted by Gasteiger charge is -2.14. The average molecular weight is 380 g/mol. The van der Waals surface area contributed by atoms with Gasteiger partial charge in [0, 0.05) is 31.4 Å². The van der Waals surface area contributed by atoms with Crippen molar-refractivity contribution < 1.29 is 9.47 Å². The molecule has 0 bridgehead atoms. The van der Waals surface area contributed by atoms with Crippen LogP contribution in [-0.4, -0.2) is 16.4 Å². The SMILES string of the molecule is CCOc1cc(CNCc2c(C)nn(C)c2C)ccc1OCc1ccccc1. The fraction of sp³-hybridized carbons (Fsp3) is 0.348. The number of hydrogen-bond donors (Lipinski definition) is 1. The normalized spacial score (nSPS) is 10.9. The van der Waals surface area contributed by atoms with Crippen LogP contribution in [0.3, 0.4) is 0 Å². The third-order valence-electron chi connectivity index (χ3n) is 4.83. The van der Waals surface area contributed by atoms with E-state index in [4.69, 9.17) is 9.47 Å². The van der Waals surface area contributed by atoms with E-state index in [0.29, 0.717) is 13.2 Å². The molecule has 0 saturated heterocycles. The Labute approximate surface area is 167 Å². The zero-order chi connectivity index (χ0) is 19.9. The molecule has 0 fully saturated rings. The molecule has 5 nitrogen and oxygen atoms in total. The number of benzene rings is 2. The topological polar surface area (TPSA) is 48.3 Å². The van der Waals surface area contributed by atoms with Gasteiger partial charge in [0.25, 0.3) is 0 Å². The predicted molar refractivity (Wildman–Crippen MR) is 112 cm³/mol. The maximum absolute atomic E-state index is 5.98. The molecule has 5 heteroatoms. The van der Waals surface area contributed by atoms with E-state index in [1.165, 1.54) is 11.3 Å². The molecule has 28 heavy (non-hydrogen) atoms. The summed E-state index contributed by atoms with van der Waals surface area (Å²) < 4.78 is 13.7. The highest BCUT2D eigenvalue weighted by Crippen LogP contribution is 2.29. The molecule has 0 radical (unpaired) electrons. The van der Waals surface area contributed by atoms with E-state index >= 15 is 0 Å². The van der Waals surface area contributed by atoms with Gasteiger partial charge in [-0.25, -0.2) is 0 Å². The van der Waals surface area contributed by atoms with Crippen LogP contribution in [0.1, 0.15) is 35.0 Å². The van der Waals surface area contributed by atoms with Crippen molar-refractivity contribution >= 4 is 0 Å². The van der Waals surface area contributed by atoms with Gasteiger partial charge >= 0.3 is 0 Å². The van der Waals surface area contributed by atoms with Crippen molar-refractivity contribution in [2.75, 3.05) is 6.61 Å². The van der Waals surface area contributed by atoms with Crippen molar-refractivity contribution in [2.45, 2.75) is 40.5 Å². The molecule has 1 N–H and O–H groups in total.